The van der Waals surface area contributed by atoms with Crippen molar-refractivity contribution in [1.82, 2.24) is 4.90 Å². The summed E-state index contributed by atoms with van der Waals surface area (Å²) in [4.78, 5) is 27.6. The number of thiophene rings is 1. The van der Waals surface area contributed by atoms with Crippen molar-refractivity contribution in [3.05, 3.63) is 89.5 Å². The topological polar surface area (TPSA) is 77.8 Å². The molecule has 0 aliphatic heterocycles. The molecular weight excluding hydrogens is 422 g/mol. The van der Waals surface area contributed by atoms with Gasteiger partial charge in [0.25, 0.3) is 0 Å². The lowest BCUT2D eigenvalue weighted by Gasteiger charge is -2.07. The number of likely N-dealkylation sites (N-methyl/N-ethyl adjacent to an activating group) is 1. The van der Waals surface area contributed by atoms with Crippen LogP contribution in [0.4, 0.5) is 0 Å². The number of fused-ring (bicyclic) bond motifs is 1. The first-order valence-electron chi connectivity index (χ1n) is 9.92. The van der Waals surface area contributed by atoms with Crippen LogP contribution in [0.25, 0.3) is 26.6 Å². The molecule has 0 aliphatic rings. The molecule has 0 spiro atoms. The van der Waals surface area contributed by atoms with Crippen LogP contribution in [0.2, 0.25) is 0 Å². The summed E-state index contributed by atoms with van der Waals surface area (Å²) in [6, 6.07) is 18.8. The minimum Gasteiger partial charge on any atom is -0.508 e. The normalized spacial score (nSPS) is 11.2. The number of nitrogens with zero attached hydrogens (tertiary/aromatic N) is 1. The first kappa shape index (κ1) is 21.3. The fourth-order valence-corrected chi connectivity index (χ4v) is 4.57. The molecule has 6 heteroatoms. The van der Waals surface area contributed by atoms with Crippen LogP contribution in [0, 0.1) is 0 Å². The summed E-state index contributed by atoms with van der Waals surface area (Å²) in [5, 5.41) is 20.3. The summed E-state index contributed by atoms with van der Waals surface area (Å²) in [7, 11) is 3.37. The van der Waals surface area contributed by atoms with Crippen LogP contribution in [0.5, 0.6) is 11.5 Å². The van der Waals surface area contributed by atoms with E-state index < -0.39 is 0 Å². The second-order valence-corrected chi connectivity index (χ2v) is 8.60. The average molecular weight is 444 g/mol. The highest BCUT2D eigenvalue weighted by Crippen LogP contribution is 2.41. The Morgan fingerprint density at radius 2 is 1.53 bits per heavy atom. The summed E-state index contributed by atoms with van der Waals surface area (Å²) >= 11 is 1.42. The van der Waals surface area contributed by atoms with Gasteiger partial charge in [-0.2, -0.15) is 0 Å². The highest BCUT2D eigenvalue weighted by atomic mass is 32.1. The van der Waals surface area contributed by atoms with Gasteiger partial charge in [-0.3, -0.25) is 9.59 Å². The molecule has 0 atom stereocenters. The first-order valence-corrected chi connectivity index (χ1v) is 10.7. The van der Waals surface area contributed by atoms with Crippen molar-refractivity contribution in [2.45, 2.75) is 0 Å². The molecule has 0 radical (unpaired) electrons. The Bertz CT molecular complexity index is 1330. The predicted octanol–water partition coefficient (Wildman–Crippen LogP) is 5.31. The zero-order chi connectivity index (χ0) is 22.8. The first-order chi connectivity index (χ1) is 15.3. The van der Waals surface area contributed by atoms with Crippen LogP contribution in [-0.4, -0.2) is 40.9 Å². The van der Waals surface area contributed by atoms with Gasteiger partial charge in [-0.1, -0.05) is 24.3 Å². The van der Waals surface area contributed by atoms with E-state index in [0.29, 0.717) is 11.1 Å². The minimum absolute atomic E-state index is 0.114. The van der Waals surface area contributed by atoms with E-state index in [9.17, 15) is 19.8 Å². The zero-order valence-electron chi connectivity index (χ0n) is 17.6. The van der Waals surface area contributed by atoms with Gasteiger partial charge in [0.1, 0.15) is 11.5 Å². The Morgan fingerprint density at radius 1 is 0.875 bits per heavy atom. The van der Waals surface area contributed by atoms with Crippen molar-refractivity contribution >= 4 is 39.2 Å². The lowest BCUT2D eigenvalue weighted by Crippen LogP contribution is -2.18. The van der Waals surface area contributed by atoms with E-state index in [-0.39, 0.29) is 23.2 Å². The van der Waals surface area contributed by atoms with Gasteiger partial charge in [-0.25, -0.2) is 0 Å². The zero-order valence-corrected chi connectivity index (χ0v) is 18.4. The molecule has 1 aromatic heterocycles. The summed E-state index contributed by atoms with van der Waals surface area (Å²) < 4.78 is 0.804. The van der Waals surface area contributed by atoms with Gasteiger partial charge in [0, 0.05) is 46.3 Å². The molecule has 32 heavy (non-hydrogen) atoms. The lowest BCUT2D eigenvalue weighted by molar-refractivity contribution is -0.123. The molecule has 1 amide bonds. The van der Waals surface area contributed by atoms with Crippen molar-refractivity contribution < 1.29 is 19.8 Å². The van der Waals surface area contributed by atoms with Gasteiger partial charge in [-0.05, 0) is 59.7 Å². The smallest absolute Gasteiger partial charge is 0.246 e. The van der Waals surface area contributed by atoms with Gasteiger partial charge in [0.05, 0.1) is 0 Å². The summed E-state index contributed by atoms with van der Waals surface area (Å²) in [5.41, 5.74) is 2.71. The number of ketones is 1. The summed E-state index contributed by atoms with van der Waals surface area (Å²) in [6.07, 6.45) is 3.19. The molecule has 0 unspecified atom stereocenters. The Labute approximate surface area is 189 Å². The van der Waals surface area contributed by atoms with Crippen LogP contribution in [-0.2, 0) is 4.79 Å². The van der Waals surface area contributed by atoms with Crippen LogP contribution in [0.3, 0.4) is 0 Å². The van der Waals surface area contributed by atoms with Gasteiger partial charge in [0.2, 0.25) is 5.91 Å². The maximum Gasteiger partial charge on any atom is 0.246 e. The van der Waals surface area contributed by atoms with Crippen LogP contribution < -0.4 is 0 Å². The standard InChI is InChI=1S/C26H21NO4S/c1-27(2)23(30)14-5-16-3-6-17(7-4-16)25(31)24-21-13-12-20(29)15-22(21)32-26(24)18-8-10-19(28)11-9-18/h3-15,28-29H,1-2H3/b14-5+. The van der Waals surface area contributed by atoms with E-state index >= 15 is 0 Å². The van der Waals surface area contributed by atoms with E-state index in [0.717, 1.165) is 26.1 Å². The van der Waals surface area contributed by atoms with Crippen LogP contribution in [0.1, 0.15) is 21.5 Å². The lowest BCUT2D eigenvalue weighted by atomic mass is 9.97. The van der Waals surface area contributed by atoms with Crippen molar-refractivity contribution in [2.75, 3.05) is 14.1 Å². The Balaban J connectivity index is 1.75. The fraction of sp³-hybridized carbons (Fsp3) is 0.0769. The number of hydrogen-bond donors (Lipinski definition) is 2. The average Bonchev–Trinajstić information content (AvgIpc) is 3.16. The summed E-state index contributed by atoms with van der Waals surface area (Å²) in [5.74, 6) is 0.0387. The number of amides is 1. The third-order valence-electron chi connectivity index (χ3n) is 5.06. The predicted molar refractivity (Wildman–Crippen MR) is 128 cm³/mol. The Hall–Kier alpha value is -3.90. The van der Waals surface area contributed by atoms with E-state index in [1.807, 2.05) is 0 Å². The fourth-order valence-electron chi connectivity index (χ4n) is 3.33. The van der Waals surface area contributed by atoms with Crippen LogP contribution in [0.15, 0.2) is 72.8 Å². The Kier molecular flexibility index (Phi) is 5.79. The largest absolute Gasteiger partial charge is 0.508 e. The second kappa shape index (κ2) is 8.69. The second-order valence-electron chi connectivity index (χ2n) is 7.55. The molecule has 160 valence electrons. The Morgan fingerprint density at radius 3 is 2.19 bits per heavy atom. The third kappa shape index (κ3) is 4.26. The molecule has 2 N–H and O–H groups in total. The maximum absolute atomic E-state index is 13.6. The maximum atomic E-state index is 13.6. The highest BCUT2D eigenvalue weighted by molar-refractivity contribution is 7.22. The number of benzene rings is 3. The number of rotatable bonds is 5. The quantitative estimate of drug-likeness (QED) is 0.324. The molecule has 3 aromatic carbocycles. The van der Waals surface area contributed by atoms with Gasteiger partial charge < -0.3 is 15.1 Å². The SMILES string of the molecule is CN(C)C(=O)/C=C/c1ccc(C(=O)c2c(-c3ccc(O)cc3)sc3cc(O)ccc23)cc1. The van der Waals surface area contributed by atoms with Crippen LogP contribution >= 0.6 is 11.3 Å². The molecule has 0 fully saturated rings. The number of carbonyl (C=O) groups excluding carboxylic acids is 2. The number of carbonyl (C=O) groups is 2. The minimum atomic E-state index is -0.134. The van der Waals surface area contributed by atoms with E-state index in [1.54, 1.807) is 86.9 Å². The molecule has 4 rings (SSSR count). The molecular formula is C26H21NO4S. The molecule has 0 bridgehead atoms. The third-order valence-corrected chi connectivity index (χ3v) is 6.26. The van der Waals surface area contributed by atoms with E-state index in [2.05, 4.69) is 0 Å². The monoisotopic (exact) mass is 443 g/mol. The van der Waals surface area contributed by atoms with Gasteiger partial charge in [-0.15, -0.1) is 11.3 Å². The van der Waals surface area contributed by atoms with Crippen molar-refractivity contribution in [3.8, 4) is 21.9 Å². The van der Waals surface area contributed by atoms with Crippen molar-refractivity contribution in [2.24, 2.45) is 0 Å². The van der Waals surface area contributed by atoms with Crippen molar-refractivity contribution in [3.63, 3.8) is 0 Å². The van der Waals surface area contributed by atoms with E-state index in [1.165, 1.54) is 22.3 Å². The molecule has 0 saturated heterocycles. The van der Waals surface area contributed by atoms with Crippen molar-refractivity contribution in [1.29, 1.82) is 0 Å². The van der Waals surface area contributed by atoms with E-state index in [4.69, 9.17) is 0 Å². The molecule has 0 aliphatic carbocycles. The highest BCUT2D eigenvalue weighted by Gasteiger charge is 2.21. The summed E-state index contributed by atoms with van der Waals surface area (Å²) in [6.45, 7) is 0. The van der Waals surface area contributed by atoms with Gasteiger partial charge in [0.15, 0.2) is 5.78 Å². The molecule has 5 nitrogen and oxygen atoms in total. The molecule has 1 heterocycles. The number of aromatic hydroxyl groups is 2. The number of hydrogen-bond acceptors (Lipinski definition) is 5. The number of phenols is 2. The molecule has 4 aromatic rings. The number of phenolic OH excluding ortho intramolecular Hbond substituents is 2. The molecule has 0 saturated carbocycles. The van der Waals surface area contributed by atoms with Gasteiger partial charge >= 0.3 is 0 Å².